The third-order valence-corrected chi connectivity index (χ3v) is 3.67. The van der Waals surface area contributed by atoms with Gasteiger partial charge in [-0.3, -0.25) is 15.1 Å². The first-order valence-electron chi connectivity index (χ1n) is 6.20. The van der Waals surface area contributed by atoms with Gasteiger partial charge in [0.1, 0.15) is 6.04 Å². The summed E-state index contributed by atoms with van der Waals surface area (Å²) in [5.41, 5.74) is 1.71. The minimum atomic E-state index is -0.884. The quantitative estimate of drug-likeness (QED) is 0.800. The van der Waals surface area contributed by atoms with Gasteiger partial charge >= 0.3 is 5.97 Å². The van der Waals surface area contributed by atoms with E-state index in [1.165, 1.54) is 0 Å². The lowest BCUT2D eigenvalue weighted by Crippen LogP contribution is -2.28. The van der Waals surface area contributed by atoms with E-state index in [4.69, 9.17) is 0 Å². The molecule has 5 heteroatoms. The number of carbonyl (C=O) groups is 1. The highest BCUT2D eigenvalue weighted by atomic mass is 32.2. The van der Waals surface area contributed by atoms with Crippen LogP contribution in [0.2, 0.25) is 0 Å². The number of carboxylic acid groups (broad SMARTS) is 1. The van der Waals surface area contributed by atoms with Gasteiger partial charge < -0.3 is 5.11 Å². The van der Waals surface area contributed by atoms with E-state index in [9.17, 15) is 9.90 Å². The molecular formula is C15H16N2O2S. The fourth-order valence-corrected chi connectivity index (χ4v) is 2.27. The molecule has 0 bridgehead atoms. The summed E-state index contributed by atoms with van der Waals surface area (Å²) in [5.74, 6) is -0.884. The van der Waals surface area contributed by atoms with Gasteiger partial charge in [-0.15, -0.1) is 11.8 Å². The predicted octanol–water partition coefficient (Wildman–Crippen LogP) is 2.72. The SMILES string of the molecule is CSc1ccc(C(NCc2cccnc2)C(=O)O)cc1. The molecule has 1 unspecified atom stereocenters. The molecule has 0 aliphatic rings. The Morgan fingerprint density at radius 1 is 1.35 bits per heavy atom. The van der Waals surface area contributed by atoms with Gasteiger partial charge in [0.2, 0.25) is 0 Å². The Balaban J connectivity index is 2.08. The third kappa shape index (κ3) is 3.82. The molecule has 2 rings (SSSR count). The average molecular weight is 288 g/mol. The standard InChI is InChI=1S/C15H16N2O2S/c1-20-13-6-4-12(5-7-13)14(15(18)19)17-10-11-3-2-8-16-9-11/h2-9,14,17H,10H2,1H3,(H,18,19). The van der Waals surface area contributed by atoms with E-state index in [1.54, 1.807) is 24.2 Å². The number of pyridine rings is 1. The van der Waals surface area contributed by atoms with Crippen molar-refractivity contribution in [2.24, 2.45) is 0 Å². The van der Waals surface area contributed by atoms with Crippen LogP contribution in [0, 0.1) is 0 Å². The number of nitrogens with one attached hydrogen (secondary N) is 1. The second kappa shape index (κ2) is 7.07. The number of hydrogen-bond donors (Lipinski definition) is 2. The Morgan fingerprint density at radius 3 is 2.65 bits per heavy atom. The molecule has 1 atom stereocenters. The molecule has 0 saturated carbocycles. The number of rotatable bonds is 6. The van der Waals surface area contributed by atoms with Gasteiger partial charge in [0.15, 0.2) is 0 Å². The van der Waals surface area contributed by atoms with E-state index in [1.807, 2.05) is 42.7 Å². The summed E-state index contributed by atoms with van der Waals surface area (Å²) in [6.07, 6.45) is 5.41. The van der Waals surface area contributed by atoms with Crippen molar-refractivity contribution >= 4 is 17.7 Å². The average Bonchev–Trinajstić information content (AvgIpc) is 2.49. The van der Waals surface area contributed by atoms with Crippen molar-refractivity contribution in [2.45, 2.75) is 17.5 Å². The van der Waals surface area contributed by atoms with Crippen LogP contribution in [0.3, 0.4) is 0 Å². The first-order valence-corrected chi connectivity index (χ1v) is 7.42. The zero-order chi connectivity index (χ0) is 14.4. The molecule has 0 saturated heterocycles. The molecule has 1 aromatic carbocycles. The third-order valence-electron chi connectivity index (χ3n) is 2.93. The summed E-state index contributed by atoms with van der Waals surface area (Å²) < 4.78 is 0. The molecule has 20 heavy (non-hydrogen) atoms. The van der Waals surface area contributed by atoms with Crippen LogP contribution in [0.15, 0.2) is 53.7 Å². The first kappa shape index (κ1) is 14.6. The summed E-state index contributed by atoms with van der Waals surface area (Å²) in [6.45, 7) is 0.467. The summed E-state index contributed by atoms with van der Waals surface area (Å²) >= 11 is 1.63. The fourth-order valence-electron chi connectivity index (χ4n) is 1.87. The Bertz CT molecular complexity index is 558. The maximum absolute atomic E-state index is 11.4. The molecule has 104 valence electrons. The lowest BCUT2D eigenvalue weighted by molar-refractivity contribution is -0.139. The lowest BCUT2D eigenvalue weighted by Gasteiger charge is -2.15. The Kier molecular flexibility index (Phi) is 5.15. The monoisotopic (exact) mass is 288 g/mol. The molecular weight excluding hydrogens is 272 g/mol. The summed E-state index contributed by atoms with van der Waals surface area (Å²) in [5, 5.41) is 12.4. The number of thioether (sulfide) groups is 1. The minimum Gasteiger partial charge on any atom is -0.480 e. The van der Waals surface area contributed by atoms with Crippen LogP contribution in [0.4, 0.5) is 0 Å². The zero-order valence-electron chi connectivity index (χ0n) is 11.1. The fraction of sp³-hybridized carbons (Fsp3) is 0.200. The normalized spacial score (nSPS) is 12.1. The van der Waals surface area contributed by atoms with E-state index in [2.05, 4.69) is 10.3 Å². The van der Waals surface area contributed by atoms with E-state index >= 15 is 0 Å². The number of aliphatic carboxylic acids is 1. The highest BCUT2D eigenvalue weighted by molar-refractivity contribution is 7.98. The van der Waals surface area contributed by atoms with Crippen molar-refractivity contribution in [1.29, 1.82) is 0 Å². The lowest BCUT2D eigenvalue weighted by atomic mass is 10.1. The number of carboxylic acids is 1. The molecule has 2 N–H and O–H groups in total. The van der Waals surface area contributed by atoms with Gasteiger partial charge in [-0.1, -0.05) is 18.2 Å². The van der Waals surface area contributed by atoms with Crippen LogP contribution < -0.4 is 5.32 Å². The second-order valence-electron chi connectivity index (χ2n) is 4.29. The predicted molar refractivity (Wildman–Crippen MR) is 79.7 cm³/mol. The maximum Gasteiger partial charge on any atom is 0.325 e. The largest absolute Gasteiger partial charge is 0.480 e. The molecule has 1 aromatic heterocycles. The van der Waals surface area contributed by atoms with Crippen LogP contribution in [-0.2, 0) is 11.3 Å². The van der Waals surface area contributed by atoms with Crippen LogP contribution >= 0.6 is 11.8 Å². The second-order valence-corrected chi connectivity index (χ2v) is 5.17. The summed E-state index contributed by atoms with van der Waals surface area (Å²) in [4.78, 5) is 16.5. The van der Waals surface area contributed by atoms with Gasteiger partial charge in [-0.2, -0.15) is 0 Å². The van der Waals surface area contributed by atoms with Crippen molar-refractivity contribution in [3.63, 3.8) is 0 Å². The van der Waals surface area contributed by atoms with Crippen molar-refractivity contribution < 1.29 is 9.90 Å². The Morgan fingerprint density at radius 2 is 2.10 bits per heavy atom. The molecule has 2 aromatic rings. The van der Waals surface area contributed by atoms with Crippen molar-refractivity contribution in [3.8, 4) is 0 Å². The van der Waals surface area contributed by atoms with Gasteiger partial charge in [-0.25, -0.2) is 0 Å². The van der Waals surface area contributed by atoms with Crippen LogP contribution in [-0.4, -0.2) is 22.3 Å². The zero-order valence-corrected chi connectivity index (χ0v) is 11.9. The first-order chi connectivity index (χ1) is 9.70. The van der Waals surface area contributed by atoms with Gasteiger partial charge in [-0.05, 0) is 35.6 Å². The number of nitrogens with zero attached hydrogens (tertiary/aromatic N) is 1. The molecule has 0 aliphatic carbocycles. The smallest absolute Gasteiger partial charge is 0.325 e. The van der Waals surface area contributed by atoms with Gasteiger partial charge in [0.05, 0.1) is 0 Å². The number of hydrogen-bond acceptors (Lipinski definition) is 4. The maximum atomic E-state index is 11.4. The van der Waals surface area contributed by atoms with E-state index in [0.717, 1.165) is 16.0 Å². The van der Waals surface area contributed by atoms with Gasteiger partial charge in [0, 0.05) is 23.8 Å². The van der Waals surface area contributed by atoms with Gasteiger partial charge in [0.25, 0.3) is 0 Å². The molecule has 0 amide bonds. The summed E-state index contributed by atoms with van der Waals surface area (Å²) in [7, 11) is 0. The minimum absolute atomic E-state index is 0.467. The van der Waals surface area contributed by atoms with E-state index in [-0.39, 0.29) is 0 Å². The van der Waals surface area contributed by atoms with Crippen LogP contribution in [0.1, 0.15) is 17.2 Å². The molecule has 0 radical (unpaired) electrons. The molecule has 1 heterocycles. The number of benzene rings is 1. The molecule has 4 nitrogen and oxygen atoms in total. The Labute approximate surface area is 122 Å². The summed E-state index contributed by atoms with van der Waals surface area (Å²) in [6, 6.07) is 10.6. The van der Waals surface area contributed by atoms with Crippen molar-refractivity contribution in [2.75, 3.05) is 6.26 Å². The van der Waals surface area contributed by atoms with E-state index in [0.29, 0.717) is 6.54 Å². The van der Waals surface area contributed by atoms with Crippen molar-refractivity contribution in [1.82, 2.24) is 10.3 Å². The number of aromatic nitrogens is 1. The van der Waals surface area contributed by atoms with Crippen LogP contribution in [0.5, 0.6) is 0 Å². The highest BCUT2D eigenvalue weighted by Gasteiger charge is 2.18. The topological polar surface area (TPSA) is 62.2 Å². The molecule has 0 fully saturated rings. The van der Waals surface area contributed by atoms with Crippen molar-refractivity contribution in [3.05, 3.63) is 59.9 Å². The van der Waals surface area contributed by atoms with E-state index < -0.39 is 12.0 Å². The highest BCUT2D eigenvalue weighted by Crippen LogP contribution is 2.19. The van der Waals surface area contributed by atoms with Crippen LogP contribution in [0.25, 0.3) is 0 Å². The molecule has 0 aliphatic heterocycles. The molecule has 0 spiro atoms. The Hall–Kier alpha value is -1.85.